The third kappa shape index (κ3) is 12.6. The number of rotatable bonds is 4. The average molecular weight is 233 g/mol. The highest BCUT2D eigenvalue weighted by atomic mass is 16.6. The maximum Gasteiger partial charge on any atom is 0.331 e. The van der Waals surface area contributed by atoms with Crippen molar-refractivity contribution in [2.24, 2.45) is 5.73 Å². The Bertz CT molecular complexity index is 237. The molecule has 3 N–H and O–H groups in total. The van der Waals surface area contributed by atoms with Crippen molar-refractivity contribution in [3.63, 3.8) is 0 Å². The van der Waals surface area contributed by atoms with Crippen LogP contribution in [0.15, 0.2) is 0 Å². The molecule has 0 aliphatic carbocycles. The summed E-state index contributed by atoms with van der Waals surface area (Å²) in [6, 6.07) is -1.29. The molecule has 6 nitrogen and oxygen atoms in total. The highest BCUT2D eigenvalue weighted by molar-refractivity contribution is 5.89. The molecule has 1 atom stereocenters. The van der Waals surface area contributed by atoms with Crippen LogP contribution in [0.2, 0.25) is 0 Å². The number of carboxylic acids is 1. The molecule has 1 unspecified atom stereocenters. The predicted octanol–water partition coefficient (Wildman–Crippen LogP) is 0.684. The Hall–Kier alpha value is -1.43. The van der Waals surface area contributed by atoms with E-state index in [1.54, 1.807) is 0 Å². The van der Waals surface area contributed by atoms with E-state index < -0.39 is 30.4 Å². The van der Waals surface area contributed by atoms with Crippen LogP contribution in [0.5, 0.6) is 0 Å². The van der Waals surface area contributed by atoms with Gasteiger partial charge >= 0.3 is 17.9 Å². The fraction of sp³-hybridized carbons (Fsp3) is 0.700. The molecule has 6 heteroatoms. The van der Waals surface area contributed by atoms with Gasteiger partial charge in [0, 0.05) is 6.92 Å². The highest BCUT2D eigenvalue weighted by Gasteiger charge is 2.19. The zero-order chi connectivity index (χ0) is 13.1. The molecule has 16 heavy (non-hydrogen) atoms. The van der Waals surface area contributed by atoms with Crippen LogP contribution in [0.1, 0.15) is 40.0 Å². The number of nitrogens with two attached hydrogens (primary N) is 1. The summed E-state index contributed by atoms with van der Waals surface area (Å²) in [7, 11) is 0. The van der Waals surface area contributed by atoms with E-state index >= 15 is 0 Å². The number of ether oxygens (including phenoxy) is 1. The van der Waals surface area contributed by atoms with Gasteiger partial charge < -0.3 is 15.6 Å². The minimum atomic E-state index is -1.29. The van der Waals surface area contributed by atoms with Crippen molar-refractivity contribution < 1.29 is 24.2 Å². The Morgan fingerprint density at radius 1 is 1.25 bits per heavy atom. The summed E-state index contributed by atoms with van der Waals surface area (Å²) < 4.78 is 4.05. The third-order valence-corrected chi connectivity index (χ3v) is 1.44. The Morgan fingerprint density at radius 2 is 1.69 bits per heavy atom. The second kappa shape index (κ2) is 10.1. The molecule has 0 saturated carbocycles. The first-order valence-electron chi connectivity index (χ1n) is 5.04. The fourth-order valence-corrected chi connectivity index (χ4v) is 0.489. The van der Waals surface area contributed by atoms with E-state index in [9.17, 15) is 14.4 Å². The van der Waals surface area contributed by atoms with Crippen molar-refractivity contribution in [1.29, 1.82) is 0 Å². The molecule has 0 amide bonds. The van der Waals surface area contributed by atoms with Gasteiger partial charge in [-0.2, -0.15) is 0 Å². The van der Waals surface area contributed by atoms with Crippen molar-refractivity contribution in [1.82, 2.24) is 0 Å². The van der Waals surface area contributed by atoms with Gasteiger partial charge in [-0.25, -0.2) is 4.79 Å². The summed E-state index contributed by atoms with van der Waals surface area (Å²) in [5.41, 5.74) is 5.06. The normalized spacial score (nSPS) is 10.8. The minimum absolute atomic E-state index is 0.549. The summed E-state index contributed by atoms with van der Waals surface area (Å²) in [5.74, 6) is -3.05. The van der Waals surface area contributed by atoms with Crippen LogP contribution in [0, 0.1) is 0 Å². The van der Waals surface area contributed by atoms with Crippen LogP contribution in [0.25, 0.3) is 0 Å². The third-order valence-electron chi connectivity index (χ3n) is 1.44. The van der Waals surface area contributed by atoms with E-state index in [1.807, 2.05) is 0 Å². The van der Waals surface area contributed by atoms with Gasteiger partial charge in [-0.15, -0.1) is 0 Å². The zero-order valence-electron chi connectivity index (χ0n) is 9.86. The highest BCUT2D eigenvalue weighted by Crippen LogP contribution is 1.92. The SMILES string of the molecule is CC(=O)OC(=O)C(N)CC(=O)O.CCCC. The molecule has 0 aliphatic heterocycles. The van der Waals surface area contributed by atoms with Crippen LogP contribution in [0.4, 0.5) is 0 Å². The smallest absolute Gasteiger partial charge is 0.331 e. The number of carboxylic acid groups (broad SMARTS) is 1. The van der Waals surface area contributed by atoms with Gasteiger partial charge in [0.1, 0.15) is 6.04 Å². The molecule has 0 heterocycles. The van der Waals surface area contributed by atoms with Gasteiger partial charge in [0.05, 0.1) is 6.42 Å². The first kappa shape index (κ1) is 17.0. The number of hydrogen-bond donors (Lipinski definition) is 2. The number of aliphatic carboxylic acids is 1. The van der Waals surface area contributed by atoms with Crippen molar-refractivity contribution in [2.75, 3.05) is 0 Å². The molecule has 0 aromatic carbocycles. The van der Waals surface area contributed by atoms with Crippen LogP contribution in [-0.4, -0.2) is 29.1 Å². The topological polar surface area (TPSA) is 107 Å². The lowest BCUT2D eigenvalue weighted by molar-refractivity contribution is -0.160. The Kier molecular flexibility index (Phi) is 10.7. The average Bonchev–Trinajstić information content (AvgIpc) is 2.16. The van der Waals surface area contributed by atoms with E-state index in [1.165, 1.54) is 12.8 Å². The van der Waals surface area contributed by atoms with Gasteiger partial charge in [0.25, 0.3) is 0 Å². The second-order valence-corrected chi connectivity index (χ2v) is 3.12. The Labute approximate surface area is 94.8 Å². The quantitative estimate of drug-likeness (QED) is 0.546. The van der Waals surface area contributed by atoms with E-state index in [2.05, 4.69) is 18.6 Å². The molecule has 0 aromatic heterocycles. The molecule has 94 valence electrons. The van der Waals surface area contributed by atoms with Gasteiger partial charge in [-0.1, -0.05) is 26.7 Å². The lowest BCUT2D eigenvalue weighted by Crippen LogP contribution is -2.35. The molecule has 0 spiro atoms. The maximum atomic E-state index is 10.7. The number of esters is 2. The van der Waals surface area contributed by atoms with Crippen molar-refractivity contribution in [3.05, 3.63) is 0 Å². The maximum absolute atomic E-state index is 10.7. The van der Waals surface area contributed by atoms with E-state index in [0.29, 0.717) is 0 Å². The molecule has 0 saturated heterocycles. The summed E-state index contributed by atoms with van der Waals surface area (Å²) in [5, 5.41) is 8.19. The number of hydrogen-bond acceptors (Lipinski definition) is 5. The minimum Gasteiger partial charge on any atom is -0.481 e. The Balaban J connectivity index is 0. The van der Waals surface area contributed by atoms with E-state index in [0.717, 1.165) is 6.92 Å². The number of carbonyl (C=O) groups is 3. The van der Waals surface area contributed by atoms with Gasteiger partial charge in [0.15, 0.2) is 0 Å². The van der Waals surface area contributed by atoms with E-state index in [4.69, 9.17) is 10.8 Å². The summed E-state index contributed by atoms with van der Waals surface area (Å²) in [6.45, 7) is 5.39. The first-order chi connectivity index (χ1) is 7.34. The summed E-state index contributed by atoms with van der Waals surface area (Å²) >= 11 is 0. The molecule has 0 radical (unpaired) electrons. The summed E-state index contributed by atoms with van der Waals surface area (Å²) in [4.78, 5) is 30.9. The molecule has 0 bridgehead atoms. The standard InChI is InChI=1S/C6H9NO5.C4H10/c1-3(8)12-6(11)4(7)2-5(9)10;1-3-4-2/h4H,2,7H2,1H3,(H,9,10);3-4H2,1-2H3. The lowest BCUT2D eigenvalue weighted by atomic mass is 10.2. The Morgan fingerprint density at radius 3 is 1.94 bits per heavy atom. The molecule has 0 rings (SSSR count). The van der Waals surface area contributed by atoms with Crippen LogP contribution in [0.3, 0.4) is 0 Å². The monoisotopic (exact) mass is 233 g/mol. The van der Waals surface area contributed by atoms with E-state index in [-0.39, 0.29) is 0 Å². The van der Waals surface area contributed by atoms with Crippen LogP contribution in [-0.2, 0) is 19.1 Å². The lowest BCUT2D eigenvalue weighted by Gasteiger charge is -2.05. The van der Waals surface area contributed by atoms with Crippen LogP contribution >= 0.6 is 0 Å². The van der Waals surface area contributed by atoms with Gasteiger partial charge in [-0.3, -0.25) is 9.59 Å². The van der Waals surface area contributed by atoms with Crippen molar-refractivity contribution >= 4 is 17.9 Å². The second-order valence-electron chi connectivity index (χ2n) is 3.12. The molecular formula is C10H19NO5. The largest absolute Gasteiger partial charge is 0.481 e. The van der Waals surface area contributed by atoms with Crippen molar-refractivity contribution in [2.45, 2.75) is 46.1 Å². The summed E-state index contributed by atoms with van der Waals surface area (Å²) in [6.07, 6.45) is 2.09. The molecule has 0 aliphatic rings. The fourth-order valence-electron chi connectivity index (χ4n) is 0.489. The number of carbonyl (C=O) groups excluding carboxylic acids is 2. The molecule has 0 fully saturated rings. The first-order valence-corrected chi connectivity index (χ1v) is 5.04. The molecule has 0 aromatic rings. The predicted molar refractivity (Wildman–Crippen MR) is 57.6 cm³/mol. The van der Waals surface area contributed by atoms with Crippen LogP contribution < -0.4 is 5.73 Å². The molecular weight excluding hydrogens is 214 g/mol. The van der Waals surface area contributed by atoms with Crippen molar-refractivity contribution in [3.8, 4) is 0 Å². The van der Waals surface area contributed by atoms with Gasteiger partial charge in [-0.05, 0) is 0 Å². The zero-order valence-corrected chi connectivity index (χ0v) is 9.86. The number of unbranched alkanes of at least 4 members (excludes halogenated alkanes) is 1. The van der Waals surface area contributed by atoms with Gasteiger partial charge in [0.2, 0.25) is 0 Å².